The molecule has 4 nitrogen and oxygen atoms in total. The molecular formula is C15H13ClFNO3S. The van der Waals surface area contributed by atoms with Crippen LogP contribution in [0.2, 0.25) is 5.02 Å². The number of amides is 1. The molecule has 0 radical (unpaired) electrons. The average molecular weight is 342 g/mol. The third-order valence-electron chi connectivity index (χ3n) is 2.82. The molecule has 2 aromatic carbocycles. The molecule has 0 aromatic heterocycles. The van der Waals surface area contributed by atoms with Gasteiger partial charge in [-0.05, 0) is 35.9 Å². The number of hydrogen-bond donors (Lipinski definition) is 1. The van der Waals surface area contributed by atoms with Crippen LogP contribution in [0.1, 0.15) is 15.9 Å². The lowest BCUT2D eigenvalue weighted by Gasteiger charge is -2.07. The topological polar surface area (TPSA) is 63.2 Å². The number of halogens is 2. The summed E-state index contributed by atoms with van der Waals surface area (Å²) in [6.07, 6.45) is 1.14. The largest absolute Gasteiger partial charge is 0.322 e. The Morgan fingerprint density at radius 1 is 1.18 bits per heavy atom. The number of anilines is 1. The van der Waals surface area contributed by atoms with Crippen LogP contribution in [0.25, 0.3) is 0 Å². The molecule has 1 N–H and O–H groups in total. The van der Waals surface area contributed by atoms with Crippen molar-refractivity contribution in [1.29, 1.82) is 0 Å². The second kappa shape index (κ2) is 6.46. The van der Waals surface area contributed by atoms with Gasteiger partial charge in [0.25, 0.3) is 5.91 Å². The van der Waals surface area contributed by atoms with E-state index >= 15 is 0 Å². The van der Waals surface area contributed by atoms with Crippen LogP contribution in [-0.4, -0.2) is 20.6 Å². The molecule has 22 heavy (non-hydrogen) atoms. The van der Waals surface area contributed by atoms with Gasteiger partial charge in [0.15, 0.2) is 9.84 Å². The van der Waals surface area contributed by atoms with Crippen molar-refractivity contribution in [3.8, 4) is 0 Å². The van der Waals surface area contributed by atoms with E-state index in [-0.39, 0.29) is 10.8 Å². The van der Waals surface area contributed by atoms with Crippen molar-refractivity contribution in [2.75, 3.05) is 11.6 Å². The van der Waals surface area contributed by atoms with Crippen molar-refractivity contribution in [2.45, 2.75) is 5.75 Å². The van der Waals surface area contributed by atoms with E-state index in [4.69, 9.17) is 11.6 Å². The van der Waals surface area contributed by atoms with E-state index in [1.807, 2.05) is 0 Å². The van der Waals surface area contributed by atoms with E-state index in [1.165, 1.54) is 24.3 Å². The summed E-state index contributed by atoms with van der Waals surface area (Å²) in [6.45, 7) is 0. The van der Waals surface area contributed by atoms with Crippen LogP contribution in [0.15, 0.2) is 42.5 Å². The lowest BCUT2D eigenvalue weighted by molar-refractivity contribution is 0.102. The molecule has 2 rings (SSSR count). The van der Waals surface area contributed by atoms with Crippen molar-refractivity contribution in [1.82, 2.24) is 0 Å². The van der Waals surface area contributed by atoms with Crippen LogP contribution >= 0.6 is 11.6 Å². The van der Waals surface area contributed by atoms with Gasteiger partial charge >= 0.3 is 0 Å². The first-order valence-electron chi connectivity index (χ1n) is 6.28. The summed E-state index contributed by atoms with van der Waals surface area (Å²) < 4.78 is 35.4. The van der Waals surface area contributed by atoms with Crippen molar-refractivity contribution in [2.24, 2.45) is 0 Å². The molecule has 0 aliphatic carbocycles. The maximum atomic E-state index is 13.0. The zero-order valence-electron chi connectivity index (χ0n) is 11.6. The van der Waals surface area contributed by atoms with E-state index in [0.717, 1.165) is 12.3 Å². The van der Waals surface area contributed by atoms with Gasteiger partial charge in [0.1, 0.15) is 5.82 Å². The summed E-state index contributed by atoms with van der Waals surface area (Å²) in [6, 6.07) is 10.1. The molecule has 0 aliphatic rings. The standard InChI is InChI=1S/C15H13ClFNO3S/c1-22(20,21)9-10-2-4-11(5-3-10)15(19)18-12-6-7-14(17)13(16)8-12/h2-8H,9H2,1H3,(H,18,19). The van der Waals surface area contributed by atoms with Crippen LogP contribution in [0, 0.1) is 5.82 Å². The molecule has 116 valence electrons. The van der Waals surface area contributed by atoms with Crippen LogP contribution < -0.4 is 5.32 Å². The lowest BCUT2D eigenvalue weighted by atomic mass is 10.1. The number of carbonyl (C=O) groups excluding carboxylic acids is 1. The number of carbonyl (C=O) groups is 1. The fraction of sp³-hybridized carbons (Fsp3) is 0.133. The van der Waals surface area contributed by atoms with E-state index in [9.17, 15) is 17.6 Å². The lowest BCUT2D eigenvalue weighted by Crippen LogP contribution is -2.12. The van der Waals surface area contributed by atoms with Gasteiger partial charge in [0.2, 0.25) is 0 Å². The minimum Gasteiger partial charge on any atom is -0.322 e. The summed E-state index contributed by atoms with van der Waals surface area (Å²) in [5, 5.41) is 2.50. The maximum Gasteiger partial charge on any atom is 0.255 e. The summed E-state index contributed by atoms with van der Waals surface area (Å²) in [7, 11) is -3.12. The van der Waals surface area contributed by atoms with Crippen molar-refractivity contribution in [3.05, 3.63) is 64.4 Å². The van der Waals surface area contributed by atoms with Gasteiger partial charge < -0.3 is 5.32 Å². The number of hydrogen-bond acceptors (Lipinski definition) is 3. The first kappa shape index (κ1) is 16.5. The van der Waals surface area contributed by atoms with Gasteiger partial charge in [-0.15, -0.1) is 0 Å². The predicted molar refractivity (Wildman–Crippen MR) is 84.4 cm³/mol. The number of rotatable bonds is 4. The van der Waals surface area contributed by atoms with Crippen LogP contribution in [0.3, 0.4) is 0 Å². The molecule has 1 amide bonds. The quantitative estimate of drug-likeness (QED) is 0.928. The van der Waals surface area contributed by atoms with E-state index in [0.29, 0.717) is 16.8 Å². The minimum absolute atomic E-state index is 0.0809. The molecule has 0 spiro atoms. The van der Waals surface area contributed by atoms with Gasteiger partial charge in [0.05, 0.1) is 10.8 Å². The van der Waals surface area contributed by atoms with Crippen molar-refractivity contribution < 1.29 is 17.6 Å². The minimum atomic E-state index is -3.12. The Morgan fingerprint density at radius 3 is 2.36 bits per heavy atom. The normalized spacial score (nSPS) is 11.2. The highest BCUT2D eigenvalue weighted by atomic mass is 35.5. The van der Waals surface area contributed by atoms with E-state index in [2.05, 4.69) is 5.32 Å². The Morgan fingerprint density at radius 2 is 1.82 bits per heavy atom. The highest BCUT2D eigenvalue weighted by Crippen LogP contribution is 2.20. The Labute approximate surface area is 132 Å². The molecule has 2 aromatic rings. The van der Waals surface area contributed by atoms with Crippen molar-refractivity contribution in [3.63, 3.8) is 0 Å². The molecule has 0 heterocycles. The zero-order valence-corrected chi connectivity index (χ0v) is 13.2. The van der Waals surface area contributed by atoms with Gasteiger partial charge in [-0.2, -0.15) is 0 Å². The average Bonchev–Trinajstić information content (AvgIpc) is 2.42. The molecule has 0 unspecified atom stereocenters. The second-order valence-corrected chi connectivity index (χ2v) is 7.40. The molecule has 0 bridgehead atoms. The molecule has 0 saturated heterocycles. The summed E-state index contributed by atoms with van der Waals surface area (Å²) in [5.74, 6) is -1.04. The molecule has 0 fully saturated rings. The fourth-order valence-corrected chi connectivity index (χ4v) is 2.81. The number of benzene rings is 2. The predicted octanol–water partition coefficient (Wildman–Crippen LogP) is 3.28. The van der Waals surface area contributed by atoms with E-state index in [1.54, 1.807) is 12.1 Å². The monoisotopic (exact) mass is 341 g/mol. The van der Waals surface area contributed by atoms with Gasteiger partial charge in [-0.3, -0.25) is 4.79 Å². The Bertz CT molecular complexity index is 804. The third kappa shape index (κ3) is 4.54. The first-order chi connectivity index (χ1) is 10.2. The van der Waals surface area contributed by atoms with Crippen LogP contribution in [-0.2, 0) is 15.6 Å². The Balaban J connectivity index is 2.11. The smallest absolute Gasteiger partial charge is 0.255 e. The van der Waals surface area contributed by atoms with E-state index < -0.39 is 21.6 Å². The summed E-state index contributed by atoms with van der Waals surface area (Å²) in [5.41, 5.74) is 1.33. The Kier molecular flexibility index (Phi) is 4.83. The van der Waals surface area contributed by atoms with Gasteiger partial charge in [-0.25, -0.2) is 12.8 Å². The third-order valence-corrected chi connectivity index (χ3v) is 3.97. The zero-order chi connectivity index (χ0) is 16.3. The summed E-state index contributed by atoms with van der Waals surface area (Å²) in [4.78, 5) is 12.0. The van der Waals surface area contributed by atoms with Gasteiger partial charge in [-0.1, -0.05) is 23.7 Å². The highest BCUT2D eigenvalue weighted by Gasteiger charge is 2.09. The molecular weight excluding hydrogens is 329 g/mol. The fourth-order valence-electron chi connectivity index (χ4n) is 1.83. The van der Waals surface area contributed by atoms with Gasteiger partial charge in [0, 0.05) is 17.5 Å². The molecule has 7 heteroatoms. The van der Waals surface area contributed by atoms with Crippen LogP contribution in [0.5, 0.6) is 0 Å². The number of sulfone groups is 1. The van der Waals surface area contributed by atoms with Crippen molar-refractivity contribution >= 4 is 33.0 Å². The maximum absolute atomic E-state index is 13.0. The molecule has 0 atom stereocenters. The SMILES string of the molecule is CS(=O)(=O)Cc1ccc(C(=O)Nc2ccc(F)c(Cl)c2)cc1. The number of nitrogens with one attached hydrogen (secondary N) is 1. The van der Waals surface area contributed by atoms with Crippen LogP contribution in [0.4, 0.5) is 10.1 Å². The first-order valence-corrected chi connectivity index (χ1v) is 8.71. The summed E-state index contributed by atoms with van der Waals surface area (Å²) >= 11 is 5.64. The molecule has 0 saturated carbocycles. The molecule has 0 aliphatic heterocycles. The second-order valence-electron chi connectivity index (χ2n) is 4.85. The highest BCUT2D eigenvalue weighted by molar-refractivity contribution is 7.89. The Hall–Kier alpha value is -1.92.